The lowest BCUT2D eigenvalue weighted by Gasteiger charge is -2.19. The molecule has 0 aliphatic heterocycles. The molecule has 0 spiro atoms. The molecule has 0 aromatic carbocycles. The number of nitrogens with one attached hydrogen (secondary N) is 1. The van der Waals surface area contributed by atoms with Gasteiger partial charge < -0.3 is 9.73 Å². The minimum atomic E-state index is -0.751. The average molecular weight is 183 g/mol. The summed E-state index contributed by atoms with van der Waals surface area (Å²) in [6.45, 7) is 5.51. The highest BCUT2D eigenvalue weighted by Gasteiger charge is 2.18. The van der Waals surface area contributed by atoms with Crippen LogP contribution in [0.3, 0.4) is 0 Å². The zero-order valence-corrected chi connectivity index (χ0v) is 7.75. The van der Waals surface area contributed by atoms with Crippen molar-refractivity contribution in [3.63, 3.8) is 0 Å². The van der Waals surface area contributed by atoms with E-state index < -0.39 is 12.0 Å². The molecular formula is C8H11N2O3. The van der Waals surface area contributed by atoms with Crippen molar-refractivity contribution in [1.82, 2.24) is 10.3 Å². The molecule has 1 heterocycles. The van der Waals surface area contributed by atoms with Crippen LogP contribution in [0.4, 0.5) is 0 Å². The van der Waals surface area contributed by atoms with Crippen molar-refractivity contribution in [1.29, 1.82) is 0 Å². The fourth-order valence-corrected chi connectivity index (χ4v) is 0.766. The number of hydrogen-bond acceptors (Lipinski definition) is 3. The molecule has 1 aromatic rings. The van der Waals surface area contributed by atoms with E-state index >= 15 is 0 Å². The van der Waals surface area contributed by atoms with E-state index in [0.717, 1.165) is 6.26 Å². The normalized spacial score (nSPS) is 11.3. The molecule has 0 aliphatic rings. The number of rotatable bonds is 1. The third-order valence-electron chi connectivity index (χ3n) is 1.20. The van der Waals surface area contributed by atoms with Crippen molar-refractivity contribution in [2.45, 2.75) is 26.3 Å². The van der Waals surface area contributed by atoms with Crippen LogP contribution in [0.15, 0.2) is 10.7 Å². The molecule has 0 bridgehead atoms. The van der Waals surface area contributed by atoms with E-state index in [0.29, 0.717) is 0 Å². The number of nitrogens with zero attached hydrogens (tertiary/aromatic N) is 1. The molecular weight excluding hydrogens is 172 g/mol. The van der Waals surface area contributed by atoms with Crippen molar-refractivity contribution in [2.75, 3.05) is 0 Å². The fourth-order valence-electron chi connectivity index (χ4n) is 0.766. The molecule has 0 saturated carbocycles. The standard InChI is InChI=1S/C8H11N2O3/c1-8(2,3)10-6(11)5-4-13-7(12)9-5/h4H,1-3H3,(H,10,11). The molecule has 0 aliphatic carbocycles. The van der Waals surface area contributed by atoms with Gasteiger partial charge in [-0.2, -0.15) is 4.98 Å². The van der Waals surface area contributed by atoms with Gasteiger partial charge in [-0.05, 0) is 20.8 Å². The lowest BCUT2D eigenvalue weighted by molar-refractivity contribution is 0.0914. The summed E-state index contributed by atoms with van der Waals surface area (Å²) in [5, 5.41) is 13.2. The first kappa shape index (κ1) is 9.57. The molecule has 1 radical (unpaired) electrons. The van der Waals surface area contributed by atoms with E-state index in [1.54, 1.807) is 0 Å². The van der Waals surface area contributed by atoms with Crippen molar-refractivity contribution >= 4 is 5.91 Å². The number of hydrogen-bond donors (Lipinski definition) is 1. The van der Waals surface area contributed by atoms with Gasteiger partial charge >= 0.3 is 6.08 Å². The Morgan fingerprint density at radius 2 is 2.15 bits per heavy atom. The number of aromatic nitrogens is 1. The summed E-state index contributed by atoms with van der Waals surface area (Å²) >= 11 is 0. The molecule has 0 atom stereocenters. The third kappa shape index (κ3) is 2.77. The first-order valence-electron chi connectivity index (χ1n) is 3.83. The summed E-state index contributed by atoms with van der Waals surface area (Å²) in [5.41, 5.74) is -0.334. The molecule has 5 heteroatoms. The van der Waals surface area contributed by atoms with Crippen LogP contribution in [0.2, 0.25) is 0 Å². The highest BCUT2D eigenvalue weighted by atomic mass is 16.5. The van der Waals surface area contributed by atoms with Gasteiger partial charge in [-0.3, -0.25) is 4.79 Å². The largest absolute Gasteiger partial charge is 0.439 e. The predicted octanol–water partition coefficient (Wildman–Crippen LogP) is 1.35. The highest BCUT2D eigenvalue weighted by Crippen LogP contribution is 2.09. The van der Waals surface area contributed by atoms with E-state index in [1.165, 1.54) is 0 Å². The molecule has 0 unspecified atom stereocenters. The lowest BCUT2D eigenvalue weighted by Crippen LogP contribution is -2.40. The van der Waals surface area contributed by atoms with E-state index in [4.69, 9.17) is 0 Å². The van der Waals surface area contributed by atoms with E-state index in [-0.39, 0.29) is 11.2 Å². The number of carbonyl (C=O) groups excluding carboxylic acids is 1. The highest BCUT2D eigenvalue weighted by molar-refractivity contribution is 5.92. The van der Waals surface area contributed by atoms with Crippen LogP contribution in [0.5, 0.6) is 6.08 Å². The first-order valence-corrected chi connectivity index (χ1v) is 3.83. The maximum atomic E-state index is 11.3. The monoisotopic (exact) mass is 183 g/mol. The van der Waals surface area contributed by atoms with Gasteiger partial charge in [0.1, 0.15) is 6.26 Å². The topological polar surface area (TPSA) is 75.0 Å². The molecule has 1 N–H and O–H groups in total. The molecule has 1 rings (SSSR count). The molecule has 0 fully saturated rings. The Kier molecular flexibility index (Phi) is 2.27. The zero-order chi connectivity index (χ0) is 10.1. The van der Waals surface area contributed by atoms with Gasteiger partial charge in [0.2, 0.25) is 0 Å². The van der Waals surface area contributed by atoms with Crippen LogP contribution in [0, 0.1) is 0 Å². The molecule has 71 valence electrons. The Morgan fingerprint density at radius 3 is 2.54 bits per heavy atom. The number of amides is 1. The average Bonchev–Trinajstić information content (AvgIpc) is 2.31. The van der Waals surface area contributed by atoms with E-state index in [2.05, 4.69) is 14.7 Å². The van der Waals surface area contributed by atoms with E-state index in [1.807, 2.05) is 20.8 Å². The SMILES string of the molecule is CC(C)(C)NC(=O)c1coc([O])n1. The molecule has 5 nitrogen and oxygen atoms in total. The molecule has 1 amide bonds. The summed E-state index contributed by atoms with van der Waals surface area (Å²) in [7, 11) is 0. The third-order valence-corrected chi connectivity index (χ3v) is 1.20. The maximum Gasteiger partial charge on any atom is 0.439 e. The maximum absolute atomic E-state index is 11.3. The first-order chi connectivity index (χ1) is 5.88. The van der Waals surface area contributed by atoms with Crippen molar-refractivity contribution in [2.24, 2.45) is 0 Å². The van der Waals surface area contributed by atoms with Crippen molar-refractivity contribution in [3.8, 4) is 6.08 Å². The second-order valence-electron chi connectivity index (χ2n) is 3.70. The summed E-state index contributed by atoms with van der Waals surface area (Å²) < 4.78 is 4.37. The smallest absolute Gasteiger partial charge is 0.414 e. The van der Waals surface area contributed by atoms with Gasteiger partial charge in [0.25, 0.3) is 5.91 Å². The Balaban J connectivity index is 2.70. The van der Waals surface area contributed by atoms with Crippen LogP contribution in [0.25, 0.3) is 0 Å². The van der Waals surface area contributed by atoms with Crippen molar-refractivity contribution < 1.29 is 14.3 Å². The molecule has 13 heavy (non-hydrogen) atoms. The summed E-state index contributed by atoms with van der Waals surface area (Å²) in [4.78, 5) is 14.7. The number of carbonyl (C=O) groups is 1. The van der Waals surface area contributed by atoms with Gasteiger partial charge in [-0.15, -0.1) is 0 Å². The minimum Gasteiger partial charge on any atom is -0.414 e. The van der Waals surface area contributed by atoms with Gasteiger partial charge in [-0.25, -0.2) is 5.11 Å². The fraction of sp³-hybridized carbons (Fsp3) is 0.500. The molecule has 1 aromatic heterocycles. The second-order valence-corrected chi connectivity index (χ2v) is 3.70. The zero-order valence-electron chi connectivity index (χ0n) is 7.75. The Hall–Kier alpha value is -1.52. The molecule has 0 saturated heterocycles. The minimum absolute atomic E-state index is 0.0138. The lowest BCUT2D eigenvalue weighted by atomic mass is 10.1. The van der Waals surface area contributed by atoms with Gasteiger partial charge in [0.05, 0.1) is 0 Å². The second kappa shape index (κ2) is 3.08. The van der Waals surface area contributed by atoms with Gasteiger partial charge in [0, 0.05) is 5.54 Å². The Morgan fingerprint density at radius 1 is 1.54 bits per heavy atom. The predicted molar refractivity (Wildman–Crippen MR) is 43.9 cm³/mol. The van der Waals surface area contributed by atoms with Gasteiger partial charge in [0.15, 0.2) is 5.69 Å². The quantitative estimate of drug-likeness (QED) is 0.713. The van der Waals surface area contributed by atoms with Crippen LogP contribution in [-0.2, 0) is 5.11 Å². The summed E-state index contributed by atoms with van der Waals surface area (Å²) in [6, 6.07) is 0. The van der Waals surface area contributed by atoms with Crippen LogP contribution in [0.1, 0.15) is 31.3 Å². The number of oxazole rings is 1. The summed E-state index contributed by atoms with van der Waals surface area (Å²) in [6.07, 6.45) is 0.294. The summed E-state index contributed by atoms with van der Waals surface area (Å²) in [5.74, 6) is -0.404. The Labute approximate surface area is 75.8 Å². The van der Waals surface area contributed by atoms with Crippen molar-refractivity contribution in [3.05, 3.63) is 12.0 Å². The van der Waals surface area contributed by atoms with Gasteiger partial charge in [-0.1, -0.05) is 0 Å². The van der Waals surface area contributed by atoms with Crippen LogP contribution >= 0.6 is 0 Å². The van der Waals surface area contributed by atoms with Crippen LogP contribution < -0.4 is 5.32 Å². The van der Waals surface area contributed by atoms with Crippen LogP contribution in [-0.4, -0.2) is 16.4 Å². The van der Waals surface area contributed by atoms with E-state index in [9.17, 15) is 9.90 Å². The Bertz CT molecular complexity index is 311.